The average Bonchev–Trinajstić information content (AvgIpc) is 2.51. The van der Waals surface area contributed by atoms with Crippen LogP contribution in [0.15, 0.2) is 12.3 Å². The Labute approximate surface area is 76.4 Å². The summed E-state index contributed by atoms with van der Waals surface area (Å²) in [6, 6.07) is 1.87. The van der Waals surface area contributed by atoms with Gasteiger partial charge in [-0.15, -0.1) is 0 Å². The number of nitrogens with zero attached hydrogens (tertiary/aromatic N) is 2. The smallest absolute Gasteiger partial charge is 0.317 e. The van der Waals surface area contributed by atoms with E-state index in [-0.39, 0.29) is 6.54 Å². The Bertz CT molecular complexity index is 283. The van der Waals surface area contributed by atoms with Crippen LogP contribution in [0.25, 0.3) is 0 Å². The monoisotopic (exact) mass is 183 g/mol. The Morgan fingerprint density at radius 1 is 1.77 bits per heavy atom. The Morgan fingerprint density at radius 2 is 2.54 bits per heavy atom. The molecule has 72 valence electrons. The Morgan fingerprint density at radius 3 is 3.15 bits per heavy atom. The third kappa shape index (κ3) is 2.87. The molecule has 0 aliphatic heterocycles. The largest absolute Gasteiger partial charge is 0.480 e. The normalized spacial score (nSPS) is 10.2. The van der Waals surface area contributed by atoms with Gasteiger partial charge in [-0.05, 0) is 13.0 Å². The van der Waals surface area contributed by atoms with Crippen LogP contribution in [0.2, 0.25) is 0 Å². The summed E-state index contributed by atoms with van der Waals surface area (Å²) in [6.07, 6.45) is 1.71. The van der Waals surface area contributed by atoms with Crippen LogP contribution < -0.4 is 5.32 Å². The zero-order chi connectivity index (χ0) is 9.68. The Balaban J connectivity index is 2.40. The highest BCUT2D eigenvalue weighted by atomic mass is 16.4. The minimum Gasteiger partial charge on any atom is -0.480 e. The van der Waals surface area contributed by atoms with Gasteiger partial charge in [-0.3, -0.25) is 9.48 Å². The summed E-state index contributed by atoms with van der Waals surface area (Å²) in [7, 11) is 0. The summed E-state index contributed by atoms with van der Waals surface area (Å²) in [4.78, 5) is 10.2. The van der Waals surface area contributed by atoms with Gasteiger partial charge >= 0.3 is 5.97 Å². The van der Waals surface area contributed by atoms with E-state index >= 15 is 0 Å². The molecule has 0 unspecified atom stereocenters. The summed E-state index contributed by atoms with van der Waals surface area (Å²) in [5.41, 5.74) is 1.00. The molecule has 13 heavy (non-hydrogen) atoms. The number of aliphatic carboxylic acids is 1. The van der Waals surface area contributed by atoms with Crippen molar-refractivity contribution in [3.05, 3.63) is 18.0 Å². The Hall–Kier alpha value is -1.36. The molecule has 1 heterocycles. The first-order valence-corrected chi connectivity index (χ1v) is 4.17. The second-order valence-electron chi connectivity index (χ2n) is 2.64. The zero-order valence-corrected chi connectivity index (χ0v) is 7.53. The highest BCUT2D eigenvalue weighted by Gasteiger charge is 2.00. The van der Waals surface area contributed by atoms with Crippen LogP contribution in [0.5, 0.6) is 0 Å². The molecule has 0 amide bonds. The highest BCUT2D eigenvalue weighted by Crippen LogP contribution is 1.97. The SMILES string of the molecule is CCn1nccc1CNCC(=O)O. The molecular weight excluding hydrogens is 170 g/mol. The predicted octanol–water partition coefficient (Wildman–Crippen LogP) is 0.0772. The molecular formula is C8H13N3O2. The molecule has 2 N–H and O–H groups in total. The van der Waals surface area contributed by atoms with Gasteiger partial charge in [0.2, 0.25) is 0 Å². The fourth-order valence-electron chi connectivity index (χ4n) is 1.09. The summed E-state index contributed by atoms with van der Waals surface area (Å²) >= 11 is 0. The van der Waals surface area contributed by atoms with Gasteiger partial charge in [-0.2, -0.15) is 5.10 Å². The van der Waals surface area contributed by atoms with E-state index in [1.54, 1.807) is 6.20 Å². The van der Waals surface area contributed by atoms with Gasteiger partial charge in [0.05, 0.1) is 12.2 Å². The number of carboxylic acids is 1. The van der Waals surface area contributed by atoms with Gasteiger partial charge < -0.3 is 10.4 Å². The van der Waals surface area contributed by atoms with E-state index in [0.717, 1.165) is 12.2 Å². The van der Waals surface area contributed by atoms with E-state index < -0.39 is 5.97 Å². The first-order valence-electron chi connectivity index (χ1n) is 4.17. The first kappa shape index (κ1) is 9.73. The molecule has 5 heteroatoms. The van der Waals surface area contributed by atoms with Crippen LogP contribution in [0.4, 0.5) is 0 Å². The van der Waals surface area contributed by atoms with Crippen molar-refractivity contribution in [1.29, 1.82) is 0 Å². The van der Waals surface area contributed by atoms with Gasteiger partial charge in [-0.1, -0.05) is 0 Å². The molecule has 0 radical (unpaired) electrons. The summed E-state index contributed by atoms with van der Waals surface area (Å²) in [5.74, 6) is -0.845. The number of rotatable bonds is 5. The molecule has 1 rings (SSSR count). The number of nitrogens with one attached hydrogen (secondary N) is 1. The van der Waals surface area contributed by atoms with Crippen LogP contribution >= 0.6 is 0 Å². The van der Waals surface area contributed by atoms with Crippen molar-refractivity contribution >= 4 is 5.97 Å². The molecule has 0 spiro atoms. The van der Waals surface area contributed by atoms with Crippen molar-refractivity contribution in [3.63, 3.8) is 0 Å². The number of carbonyl (C=O) groups is 1. The maximum absolute atomic E-state index is 10.2. The minimum absolute atomic E-state index is 0.0190. The quantitative estimate of drug-likeness (QED) is 0.678. The van der Waals surface area contributed by atoms with Gasteiger partial charge in [-0.25, -0.2) is 0 Å². The van der Waals surface area contributed by atoms with Crippen molar-refractivity contribution in [2.75, 3.05) is 6.54 Å². The standard InChI is InChI=1S/C8H13N3O2/c1-2-11-7(3-4-10-11)5-9-6-8(12)13/h3-4,9H,2,5-6H2,1H3,(H,12,13). The summed E-state index contributed by atoms with van der Waals surface area (Å²) in [5, 5.41) is 15.2. The van der Waals surface area contributed by atoms with Gasteiger partial charge in [0.15, 0.2) is 0 Å². The molecule has 0 bridgehead atoms. The molecule has 0 atom stereocenters. The fraction of sp³-hybridized carbons (Fsp3) is 0.500. The van der Waals surface area contributed by atoms with Crippen LogP contribution in [0, 0.1) is 0 Å². The predicted molar refractivity (Wildman–Crippen MR) is 47.2 cm³/mol. The third-order valence-electron chi connectivity index (χ3n) is 1.69. The highest BCUT2D eigenvalue weighted by molar-refractivity contribution is 5.68. The van der Waals surface area contributed by atoms with E-state index in [9.17, 15) is 4.79 Å². The van der Waals surface area contributed by atoms with Crippen molar-refractivity contribution in [1.82, 2.24) is 15.1 Å². The van der Waals surface area contributed by atoms with E-state index in [2.05, 4.69) is 10.4 Å². The maximum Gasteiger partial charge on any atom is 0.317 e. The van der Waals surface area contributed by atoms with Gasteiger partial charge in [0.1, 0.15) is 0 Å². The summed E-state index contributed by atoms with van der Waals surface area (Å²) < 4.78 is 1.83. The topological polar surface area (TPSA) is 67.2 Å². The van der Waals surface area contributed by atoms with E-state index in [1.165, 1.54) is 0 Å². The molecule has 0 saturated carbocycles. The molecule has 0 fully saturated rings. The van der Waals surface area contributed by atoms with E-state index in [0.29, 0.717) is 6.54 Å². The van der Waals surface area contributed by atoms with Crippen LogP contribution in [0.3, 0.4) is 0 Å². The molecule has 0 aliphatic carbocycles. The van der Waals surface area contributed by atoms with Crippen molar-refractivity contribution in [2.45, 2.75) is 20.0 Å². The lowest BCUT2D eigenvalue weighted by atomic mass is 10.4. The van der Waals surface area contributed by atoms with Gasteiger partial charge in [0.25, 0.3) is 0 Å². The fourth-order valence-corrected chi connectivity index (χ4v) is 1.09. The average molecular weight is 183 g/mol. The molecule has 5 nitrogen and oxygen atoms in total. The number of hydrogen-bond donors (Lipinski definition) is 2. The first-order chi connectivity index (χ1) is 6.24. The lowest BCUT2D eigenvalue weighted by Crippen LogP contribution is -2.23. The second kappa shape index (κ2) is 4.61. The van der Waals surface area contributed by atoms with Crippen LogP contribution in [-0.4, -0.2) is 27.4 Å². The van der Waals surface area contributed by atoms with Crippen molar-refractivity contribution in [3.8, 4) is 0 Å². The van der Waals surface area contributed by atoms with Crippen molar-refractivity contribution < 1.29 is 9.90 Å². The van der Waals surface area contributed by atoms with Crippen LogP contribution in [-0.2, 0) is 17.9 Å². The number of aryl methyl sites for hydroxylation is 1. The van der Waals surface area contributed by atoms with E-state index in [4.69, 9.17) is 5.11 Å². The van der Waals surface area contributed by atoms with E-state index in [1.807, 2.05) is 17.7 Å². The van der Waals surface area contributed by atoms with Crippen LogP contribution in [0.1, 0.15) is 12.6 Å². The second-order valence-corrected chi connectivity index (χ2v) is 2.64. The Kier molecular flexibility index (Phi) is 3.45. The minimum atomic E-state index is -0.845. The number of carboxylic acid groups (broad SMARTS) is 1. The number of aromatic nitrogens is 2. The lowest BCUT2D eigenvalue weighted by Gasteiger charge is -2.04. The third-order valence-corrected chi connectivity index (χ3v) is 1.69. The van der Waals surface area contributed by atoms with Gasteiger partial charge in [0, 0.05) is 19.3 Å². The molecule has 0 aromatic carbocycles. The lowest BCUT2D eigenvalue weighted by molar-refractivity contribution is -0.136. The summed E-state index contributed by atoms with van der Waals surface area (Å²) in [6.45, 7) is 3.32. The zero-order valence-electron chi connectivity index (χ0n) is 7.53. The number of hydrogen-bond acceptors (Lipinski definition) is 3. The molecule has 0 saturated heterocycles. The molecule has 1 aromatic heterocycles. The maximum atomic E-state index is 10.2. The molecule has 0 aliphatic rings. The van der Waals surface area contributed by atoms with Crippen molar-refractivity contribution in [2.24, 2.45) is 0 Å². The molecule has 1 aromatic rings.